The molecule has 0 saturated carbocycles. The molecule has 0 bridgehead atoms. The summed E-state index contributed by atoms with van der Waals surface area (Å²) in [5.41, 5.74) is 1.92. The van der Waals surface area contributed by atoms with Crippen LogP contribution in [0, 0.1) is 0 Å². The van der Waals surface area contributed by atoms with Gasteiger partial charge in [-0.3, -0.25) is 14.3 Å². The maximum atomic E-state index is 12.5. The van der Waals surface area contributed by atoms with Gasteiger partial charge >= 0.3 is 5.97 Å². The number of hydrogen-bond acceptors (Lipinski definition) is 6. The molecule has 2 aromatic heterocycles. The second-order valence-corrected chi connectivity index (χ2v) is 7.91. The van der Waals surface area contributed by atoms with Gasteiger partial charge < -0.3 is 10.4 Å². The van der Waals surface area contributed by atoms with Crippen LogP contribution in [-0.4, -0.2) is 42.5 Å². The zero-order valence-corrected chi connectivity index (χ0v) is 18.0. The molecule has 0 spiro atoms. The number of aromatic carboxylic acids is 1. The quantitative estimate of drug-likeness (QED) is 0.389. The fraction of sp³-hybridized carbons (Fsp3) is 0.0455. The van der Waals surface area contributed by atoms with Gasteiger partial charge in [-0.2, -0.15) is 0 Å². The van der Waals surface area contributed by atoms with Crippen LogP contribution in [0.1, 0.15) is 10.4 Å². The van der Waals surface area contributed by atoms with Crippen LogP contribution in [-0.2, 0) is 4.79 Å². The standard InChI is InChI=1S/C22H16ClN5O3S/c23-17-8-1-2-9-18(17)28-20(15-6-4-10-24-12-15)26-27-22(28)32-13-19(29)25-16-7-3-5-14(11-16)21(30)31/h1-12H,13H2,(H,25,29)(H,30,31). The molecule has 0 radical (unpaired) electrons. The minimum Gasteiger partial charge on any atom is -0.478 e. The van der Waals surface area contributed by atoms with Gasteiger partial charge in [-0.15, -0.1) is 10.2 Å². The third-order valence-electron chi connectivity index (χ3n) is 4.37. The third kappa shape index (κ3) is 4.79. The molecule has 2 heterocycles. The topological polar surface area (TPSA) is 110 Å². The third-order valence-corrected chi connectivity index (χ3v) is 5.62. The fourth-order valence-corrected chi connectivity index (χ4v) is 3.92. The fourth-order valence-electron chi connectivity index (χ4n) is 2.95. The molecule has 4 rings (SSSR count). The van der Waals surface area contributed by atoms with Gasteiger partial charge in [0.25, 0.3) is 0 Å². The van der Waals surface area contributed by atoms with E-state index in [0.717, 1.165) is 5.56 Å². The van der Waals surface area contributed by atoms with E-state index < -0.39 is 5.97 Å². The van der Waals surface area contributed by atoms with Crippen LogP contribution in [0.3, 0.4) is 0 Å². The molecule has 8 nitrogen and oxygen atoms in total. The monoisotopic (exact) mass is 465 g/mol. The predicted octanol–water partition coefficient (Wildman–Crippen LogP) is 4.41. The Balaban J connectivity index is 1.58. The maximum absolute atomic E-state index is 12.5. The molecule has 0 atom stereocenters. The molecule has 0 aliphatic rings. The van der Waals surface area contributed by atoms with E-state index in [-0.39, 0.29) is 17.2 Å². The number of para-hydroxylation sites is 1. The Labute approximate surface area is 192 Å². The summed E-state index contributed by atoms with van der Waals surface area (Å²) < 4.78 is 1.78. The highest BCUT2D eigenvalue weighted by atomic mass is 35.5. The molecule has 0 aliphatic carbocycles. The number of hydrogen-bond donors (Lipinski definition) is 2. The van der Waals surface area contributed by atoms with Gasteiger partial charge in [-0.1, -0.05) is 41.6 Å². The highest BCUT2D eigenvalue weighted by Gasteiger charge is 2.19. The molecule has 160 valence electrons. The van der Waals surface area contributed by atoms with E-state index >= 15 is 0 Å². The minimum absolute atomic E-state index is 0.0346. The highest BCUT2D eigenvalue weighted by Crippen LogP contribution is 2.31. The van der Waals surface area contributed by atoms with Gasteiger partial charge in [0, 0.05) is 23.6 Å². The Morgan fingerprint density at radius 1 is 1.06 bits per heavy atom. The first-order chi connectivity index (χ1) is 15.5. The first kappa shape index (κ1) is 21.5. The summed E-state index contributed by atoms with van der Waals surface area (Å²) in [7, 11) is 0. The van der Waals surface area contributed by atoms with Gasteiger partial charge in [0.15, 0.2) is 11.0 Å². The van der Waals surface area contributed by atoms with Crippen molar-refractivity contribution in [2.24, 2.45) is 0 Å². The summed E-state index contributed by atoms with van der Waals surface area (Å²) in [6.45, 7) is 0. The number of carboxylic acids is 1. The summed E-state index contributed by atoms with van der Waals surface area (Å²) in [4.78, 5) is 27.7. The predicted molar refractivity (Wildman–Crippen MR) is 122 cm³/mol. The van der Waals surface area contributed by atoms with Gasteiger partial charge in [0.05, 0.1) is 22.0 Å². The molecule has 2 N–H and O–H groups in total. The number of carboxylic acid groups (broad SMARTS) is 1. The van der Waals surface area contributed by atoms with Crippen LogP contribution in [0.4, 0.5) is 5.69 Å². The van der Waals surface area contributed by atoms with Crippen molar-refractivity contribution in [2.45, 2.75) is 5.16 Å². The van der Waals surface area contributed by atoms with E-state index in [1.165, 1.54) is 23.9 Å². The number of thioether (sulfide) groups is 1. The number of carbonyl (C=O) groups excluding carboxylic acids is 1. The molecular formula is C22H16ClN5O3S. The lowest BCUT2D eigenvalue weighted by Crippen LogP contribution is -2.15. The Morgan fingerprint density at radius 2 is 1.91 bits per heavy atom. The molecular weight excluding hydrogens is 450 g/mol. The summed E-state index contributed by atoms with van der Waals surface area (Å²) in [6, 6.07) is 17.0. The average Bonchev–Trinajstić information content (AvgIpc) is 3.22. The van der Waals surface area contributed by atoms with E-state index in [0.29, 0.717) is 27.4 Å². The van der Waals surface area contributed by atoms with Crippen molar-refractivity contribution in [1.82, 2.24) is 19.7 Å². The number of rotatable bonds is 7. The number of pyridine rings is 1. The van der Waals surface area contributed by atoms with E-state index in [2.05, 4.69) is 20.5 Å². The molecule has 1 amide bonds. The number of anilines is 1. The zero-order valence-electron chi connectivity index (χ0n) is 16.5. The minimum atomic E-state index is -1.06. The van der Waals surface area contributed by atoms with Crippen molar-refractivity contribution in [2.75, 3.05) is 11.1 Å². The van der Waals surface area contributed by atoms with E-state index in [9.17, 15) is 9.59 Å². The molecule has 0 fully saturated rings. The second kappa shape index (κ2) is 9.63. The van der Waals surface area contributed by atoms with Crippen molar-refractivity contribution in [3.8, 4) is 17.1 Å². The number of halogens is 1. The number of amides is 1. The lowest BCUT2D eigenvalue weighted by molar-refractivity contribution is -0.113. The normalized spacial score (nSPS) is 10.7. The summed E-state index contributed by atoms with van der Waals surface area (Å²) in [6.07, 6.45) is 3.34. The highest BCUT2D eigenvalue weighted by molar-refractivity contribution is 7.99. The van der Waals surface area contributed by atoms with Crippen LogP contribution < -0.4 is 5.32 Å². The van der Waals surface area contributed by atoms with Crippen LogP contribution in [0.5, 0.6) is 0 Å². The molecule has 0 aliphatic heterocycles. The van der Waals surface area contributed by atoms with Crippen molar-refractivity contribution >= 4 is 40.9 Å². The SMILES string of the molecule is O=C(CSc1nnc(-c2cccnc2)n1-c1ccccc1Cl)Nc1cccc(C(=O)O)c1. The molecule has 2 aromatic carbocycles. The summed E-state index contributed by atoms with van der Waals surface area (Å²) in [5, 5.41) is 21.3. The summed E-state index contributed by atoms with van der Waals surface area (Å²) >= 11 is 7.61. The molecule has 0 unspecified atom stereocenters. The smallest absolute Gasteiger partial charge is 0.335 e. The van der Waals surface area contributed by atoms with Crippen LogP contribution in [0.15, 0.2) is 78.2 Å². The Kier molecular flexibility index (Phi) is 6.48. The molecule has 32 heavy (non-hydrogen) atoms. The van der Waals surface area contributed by atoms with Crippen LogP contribution in [0.2, 0.25) is 5.02 Å². The Bertz CT molecular complexity index is 1280. The average molecular weight is 466 g/mol. The Hall–Kier alpha value is -3.69. The van der Waals surface area contributed by atoms with Gasteiger partial charge in [0.1, 0.15) is 0 Å². The van der Waals surface area contributed by atoms with E-state index in [1.54, 1.807) is 41.2 Å². The largest absolute Gasteiger partial charge is 0.478 e. The van der Waals surface area contributed by atoms with Gasteiger partial charge in [-0.05, 0) is 42.5 Å². The molecule has 4 aromatic rings. The van der Waals surface area contributed by atoms with Crippen molar-refractivity contribution < 1.29 is 14.7 Å². The summed E-state index contributed by atoms with van der Waals surface area (Å²) in [5.74, 6) is -0.795. The van der Waals surface area contributed by atoms with Crippen molar-refractivity contribution in [3.63, 3.8) is 0 Å². The first-order valence-corrected chi connectivity index (χ1v) is 10.8. The van der Waals surface area contributed by atoms with Crippen molar-refractivity contribution in [1.29, 1.82) is 0 Å². The van der Waals surface area contributed by atoms with Crippen LogP contribution >= 0.6 is 23.4 Å². The Morgan fingerprint density at radius 3 is 2.66 bits per heavy atom. The zero-order chi connectivity index (χ0) is 22.5. The maximum Gasteiger partial charge on any atom is 0.335 e. The molecule has 0 saturated heterocycles. The van der Waals surface area contributed by atoms with E-state index in [1.807, 2.05) is 24.3 Å². The lowest BCUT2D eigenvalue weighted by Gasteiger charge is -2.12. The number of nitrogens with one attached hydrogen (secondary N) is 1. The van der Waals surface area contributed by atoms with Crippen LogP contribution in [0.25, 0.3) is 17.1 Å². The second-order valence-electron chi connectivity index (χ2n) is 6.56. The number of aromatic nitrogens is 4. The lowest BCUT2D eigenvalue weighted by atomic mass is 10.2. The first-order valence-electron chi connectivity index (χ1n) is 9.39. The number of nitrogens with zero attached hydrogens (tertiary/aromatic N) is 4. The van der Waals surface area contributed by atoms with Crippen molar-refractivity contribution in [3.05, 3.63) is 83.6 Å². The van der Waals surface area contributed by atoms with E-state index in [4.69, 9.17) is 16.7 Å². The number of carbonyl (C=O) groups is 2. The van der Waals surface area contributed by atoms with Gasteiger partial charge in [0.2, 0.25) is 5.91 Å². The molecule has 10 heteroatoms. The number of benzene rings is 2. The van der Waals surface area contributed by atoms with Gasteiger partial charge in [-0.25, -0.2) is 4.79 Å².